The van der Waals surface area contributed by atoms with Crippen molar-refractivity contribution in [3.63, 3.8) is 0 Å². The van der Waals surface area contributed by atoms with E-state index >= 15 is 0 Å². The van der Waals surface area contributed by atoms with Gasteiger partial charge in [-0.1, -0.05) is 42.5 Å². The molecule has 5 aromatic rings. The van der Waals surface area contributed by atoms with Gasteiger partial charge in [0.15, 0.2) is 0 Å². The Morgan fingerprint density at radius 1 is 0.684 bits per heavy atom. The number of benzene rings is 2. The minimum Gasteiger partial charge on any atom is -0.305 e. The molecule has 0 aliphatic rings. The molecule has 0 atom stereocenters. The Morgan fingerprint density at radius 3 is 1.58 bits per heavy atom. The minimum atomic E-state index is -10.7. The van der Waals surface area contributed by atoms with Crippen LogP contribution < -0.4 is 0 Å². The zero-order valence-corrected chi connectivity index (χ0v) is 22.9. The predicted molar refractivity (Wildman–Crippen MR) is 129 cm³/mol. The molecule has 0 bridgehead atoms. The molecule has 0 fully saturated rings. The van der Waals surface area contributed by atoms with E-state index in [1.165, 1.54) is 6.07 Å². The number of pyridine rings is 3. The van der Waals surface area contributed by atoms with E-state index in [2.05, 4.69) is 45.3 Å². The van der Waals surface area contributed by atoms with Gasteiger partial charge in [0, 0.05) is 60.1 Å². The maximum Gasteiger partial charge on any atom is 0.0446 e. The molecule has 0 N–H and O–H groups in total. The molecule has 1 radical (unpaired) electrons. The van der Waals surface area contributed by atoms with Gasteiger partial charge in [-0.05, 0) is 37.7 Å². The second kappa shape index (κ2) is 11.0. The third kappa shape index (κ3) is 10.7. The first kappa shape index (κ1) is 31.1. The number of aromatic nitrogens is 3. The number of halogens is 8. The van der Waals surface area contributed by atoms with Crippen LogP contribution in [0.15, 0.2) is 72.9 Å². The number of fused-ring (bicyclic) bond motifs is 3. The fourth-order valence-electron chi connectivity index (χ4n) is 3.12. The van der Waals surface area contributed by atoms with E-state index in [0.29, 0.717) is 11.3 Å². The Kier molecular flexibility index (Phi) is 8.99. The molecule has 3 heterocycles. The second-order valence-corrected chi connectivity index (χ2v) is 9.76. The average Bonchev–Trinajstić information content (AvgIpc) is 2.77. The van der Waals surface area contributed by atoms with Crippen molar-refractivity contribution in [2.45, 2.75) is 13.8 Å². The number of nitrogens with zero attached hydrogens (tertiary/aromatic N) is 3. The van der Waals surface area contributed by atoms with Crippen molar-refractivity contribution >= 4 is 29.6 Å². The van der Waals surface area contributed by atoms with Crippen LogP contribution in [-0.2, 0) is 20.1 Å². The molecular weight excluding hydrogens is 717 g/mol. The van der Waals surface area contributed by atoms with E-state index in [4.69, 9.17) is 0 Å². The molecule has 3 aromatic heterocycles. The van der Waals surface area contributed by atoms with E-state index in [0.717, 1.165) is 39.3 Å². The van der Waals surface area contributed by atoms with Gasteiger partial charge >= 0.3 is 33.0 Å². The molecule has 0 aliphatic heterocycles. The monoisotopic (exact) mass is 736 g/mol. The van der Waals surface area contributed by atoms with E-state index in [1.54, 1.807) is 24.4 Å². The van der Waals surface area contributed by atoms with Gasteiger partial charge in [-0.2, -0.15) is 0 Å². The first-order valence-electron chi connectivity index (χ1n) is 10.4. The smallest absolute Gasteiger partial charge is 0.0446 e. The molecule has 5 rings (SSSR count). The van der Waals surface area contributed by atoms with Crippen molar-refractivity contribution in [2.24, 2.45) is 0 Å². The molecule has 0 unspecified atom stereocenters. The zero-order valence-electron chi connectivity index (χ0n) is 19.6. The summed E-state index contributed by atoms with van der Waals surface area (Å²) in [6, 6.07) is 22.0. The van der Waals surface area contributed by atoms with E-state index in [9.17, 15) is 34.0 Å². The molecule has 0 aliphatic carbocycles. The van der Waals surface area contributed by atoms with Gasteiger partial charge in [0.2, 0.25) is 0 Å². The molecule has 205 valence electrons. The van der Waals surface area contributed by atoms with Gasteiger partial charge in [0.25, 0.3) is 0 Å². The van der Waals surface area contributed by atoms with Gasteiger partial charge in [-0.15, -0.1) is 17.7 Å². The molecule has 0 saturated heterocycles. The number of rotatable bonds is 1. The first-order chi connectivity index (χ1) is 16.9. The van der Waals surface area contributed by atoms with Crippen molar-refractivity contribution in [1.82, 2.24) is 15.0 Å². The normalized spacial score (nSPS) is 12.7. The summed E-state index contributed by atoms with van der Waals surface area (Å²) in [5.74, 6) is -1.34. The topological polar surface area (TPSA) is 38.7 Å². The summed E-state index contributed by atoms with van der Waals surface area (Å²) >= 11 is 0. The fraction of sp³-hybridized carbons (Fsp3) is 0.0800. The van der Waals surface area contributed by atoms with Crippen molar-refractivity contribution in [3.05, 3.63) is 102 Å². The molecule has 0 amide bonds. The van der Waals surface area contributed by atoms with Crippen LogP contribution in [0.5, 0.6) is 0 Å². The van der Waals surface area contributed by atoms with Crippen LogP contribution in [0.4, 0.5) is 34.0 Å². The van der Waals surface area contributed by atoms with Gasteiger partial charge in [-0.3, -0.25) is 9.97 Å². The summed E-state index contributed by atoms with van der Waals surface area (Å²) in [6.45, 7) is 4.02. The van der Waals surface area contributed by atoms with Crippen LogP contribution in [0.2, 0.25) is 0 Å². The molecule has 0 saturated carbocycles. The standard InChI is InChI=1S/C14H12N2.C11H6F2N.F6P.Ir/c1-9-3-5-11-7-8-12-6-4-10(2)16-14(12)13(11)15-9;12-9-5-8(6-10(13)7-9)11-3-1-2-4-14-11;1-7(2,3,4,5)6;/h3-8H,1-2H3;1-5,7H;;/q;2*-1;. The molecule has 2 aromatic carbocycles. The minimum absolute atomic E-state index is 0. The maximum atomic E-state index is 12.8. The molecule has 13 heteroatoms. The predicted octanol–water partition coefficient (Wildman–Crippen LogP) is 9.61. The molecule has 3 nitrogen and oxygen atoms in total. The van der Waals surface area contributed by atoms with E-state index in [-0.39, 0.29) is 20.1 Å². The quantitative estimate of drug-likeness (QED) is 0.0746. The second-order valence-electron chi connectivity index (χ2n) is 7.85. The zero-order chi connectivity index (χ0) is 27.5. The van der Waals surface area contributed by atoms with Crippen molar-refractivity contribution in [3.8, 4) is 11.3 Å². The van der Waals surface area contributed by atoms with Crippen molar-refractivity contribution < 1.29 is 54.1 Å². The Morgan fingerprint density at radius 2 is 1.16 bits per heavy atom. The fourth-order valence-corrected chi connectivity index (χ4v) is 3.12. The summed E-state index contributed by atoms with van der Waals surface area (Å²) in [5, 5.41) is 2.30. The van der Waals surface area contributed by atoms with E-state index < -0.39 is 19.4 Å². The molecule has 0 spiro atoms. The van der Waals surface area contributed by atoms with Gasteiger partial charge in [0.1, 0.15) is 0 Å². The van der Waals surface area contributed by atoms with Crippen LogP contribution >= 0.6 is 7.81 Å². The first-order valence-corrected chi connectivity index (χ1v) is 12.5. The van der Waals surface area contributed by atoms with Gasteiger partial charge in [-0.25, -0.2) is 8.78 Å². The summed E-state index contributed by atoms with van der Waals surface area (Å²) in [6.07, 6.45) is 1.56. The van der Waals surface area contributed by atoms with Crippen molar-refractivity contribution in [1.29, 1.82) is 0 Å². The third-order valence-electron chi connectivity index (χ3n) is 4.54. The Bertz CT molecular complexity index is 1470. The summed E-state index contributed by atoms with van der Waals surface area (Å²) in [7, 11) is -10.7. The summed E-state index contributed by atoms with van der Waals surface area (Å²) < 4.78 is 84.8. The number of hydrogen-bond acceptors (Lipinski definition) is 3. The maximum absolute atomic E-state index is 12.8. The average molecular weight is 736 g/mol. The largest absolute Gasteiger partial charge is 0.305 e. The molecular formula is C25H18F8IrN3P-2. The van der Waals surface area contributed by atoms with Gasteiger partial charge < -0.3 is 4.98 Å². The Labute approximate surface area is 225 Å². The number of aryl methyl sites for hydroxylation is 2. The Balaban J connectivity index is 0.000000213. The SMILES string of the molecule is Cc1ccc2ccc3ccc(C)nc3c2n1.F[P-](F)(F)(F)(F)F.Fc1[c-]c(-c2ccccn2)cc(F)c1.[Ir]. The summed E-state index contributed by atoms with van der Waals surface area (Å²) in [4.78, 5) is 13.1. The van der Waals surface area contributed by atoms with E-state index in [1.807, 2.05) is 26.0 Å². The van der Waals surface area contributed by atoms with Crippen molar-refractivity contribution in [2.75, 3.05) is 0 Å². The van der Waals surface area contributed by atoms with Crippen LogP contribution in [-0.4, -0.2) is 15.0 Å². The van der Waals surface area contributed by atoms with Crippen LogP contribution in [0, 0.1) is 31.5 Å². The molecule has 38 heavy (non-hydrogen) atoms. The summed E-state index contributed by atoms with van der Waals surface area (Å²) in [5.41, 5.74) is 4.89. The van der Waals surface area contributed by atoms with Crippen LogP contribution in [0.3, 0.4) is 0 Å². The van der Waals surface area contributed by atoms with Gasteiger partial charge in [0.05, 0.1) is 11.0 Å². The van der Waals surface area contributed by atoms with Crippen LogP contribution in [0.1, 0.15) is 11.4 Å². The van der Waals surface area contributed by atoms with Crippen LogP contribution in [0.25, 0.3) is 33.1 Å². The number of hydrogen-bond donors (Lipinski definition) is 0. The third-order valence-corrected chi connectivity index (χ3v) is 4.54. The Hall–Kier alpha value is -3.07.